The SMILES string of the molecule is CC(C)C(=O)N1CC(c2nc(CCOCc3ccccc3)no2)C1. The number of hydrogen-bond donors (Lipinski definition) is 0. The Morgan fingerprint density at radius 2 is 2.08 bits per heavy atom. The number of ether oxygens (including phenoxy) is 1. The van der Waals surface area contributed by atoms with Gasteiger partial charge in [-0.05, 0) is 5.56 Å². The molecule has 0 unspecified atom stereocenters. The zero-order chi connectivity index (χ0) is 16.9. The van der Waals surface area contributed by atoms with Gasteiger partial charge in [0.25, 0.3) is 0 Å². The van der Waals surface area contributed by atoms with Gasteiger partial charge >= 0.3 is 0 Å². The first-order valence-corrected chi connectivity index (χ1v) is 8.36. The van der Waals surface area contributed by atoms with E-state index in [0.717, 1.165) is 5.56 Å². The minimum absolute atomic E-state index is 0.0333. The molecule has 3 rings (SSSR count). The zero-order valence-corrected chi connectivity index (χ0v) is 14.1. The molecule has 1 aliphatic rings. The van der Waals surface area contributed by atoms with E-state index in [1.807, 2.05) is 49.1 Å². The first-order chi connectivity index (χ1) is 11.6. The predicted octanol–water partition coefficient (Wildman–Crippen LogP) is 2.41. The summed E-state index contributed by atoms with van der Waals surface area (Å²) < 4.78 is 11.0. The van der Waals surface area contributed by atoms with Gasteiger partial charge in [-0.2, -0.15) is 4.98 Å². The molecule has 1 aromatic carbocycles. The van der Waals surface area contributed by atoms with Gasteiger partial charge < -0.3 is 14.2 Å². The van der Waals surface area contributed by atoms with Crippen LogP contribution in [0.4, 0.5) is 0 Å². The van der Waals surface area contributed by atoms with E-state index in [0.29, 0.717) is 44.4 Å². The summed E-state index contributed by atoms with van der Waals surface area (Å²) in [7, 11) is 0. The lowest BCUT2D eigenvalue weighted by molar-refractivity contribution is -0.139. The van der Waals surface area contributed by atoms with Crippen LogP contribution in [0.1, 0.15) is 37.0 Å². The molecule has 0 radical (unpaired) electrons. The van der Waals surface area contributed by atoms with Gasteiger partial charge in [0, 0.05) is 25.4 Å². The van der Waals surface area contributed by atoms with Gasteiger partial charge in [0.2, 0.25) is 11.8 Å². The Balaban J connectivity index is 1.39. The number of aromatic nitrogens is 2. The molecule has 1 fully saturated rings. The lowest BCUT2D eigenvalue weighted by Crippen LogP contribution is -2.50. The van der Waals surface area contributed by atoms with Crippen LogP contribution in [-0.4, -0.2) is 40.6 Å². The van der Waals surface area contributed by atoms with Crippen molar-refractivity contribution in [1.82, 2.24) is 15.0 Å². The molecule has 0 saturated carbocycles. The number of nitrogens with zero attached hydrogens (tertiary/aromatic N) is 3. The molecular formula is C18H23N3O3. The topological polar surface area (TPSA) is 68.5 Å². The Kier molecular flexibility index (Phi) is 5.25. The molecule has 0 atom stereocenters. The van der Waals surface area contributed by atoms with E-state index in [4.69, 9.17) is 9.26 Å². The van der Waals surface area contributed by atoms with Gasteiger partial charge in [-0.1, -0.05) is 49.3 Å². The van der Waals surface area contributed by atoms with E-state index < -0.39 is 0 Å². The molecule has 1 aliphatic heterocycles. The molecule has 0 spiro atoms. The van der Waals surface area contributed by atoms with E-state index in [1.54, 1.807) is 0 Å². The first-order valence-electron chi connectivity index (χ1n) is 8.36. The van der Waals surface area contributed by atoms with Gasteiger partial charge in [0.15, 0.2) is 5.82 Å². The van der Waals surface area contributed by atoms with Crippen LogP contribution in [0.15, 0.2) is 34.9 Å². The molecule has 1 saturated heterocycles. The van der Waals surface area contributed by atoms with E-state index in [9.17, 15) is 4.79 Å². The predicted molar refractivity (Wildman–Crippen MR) is 88.3 cm³/mol. The second-order valence-corrected chi connectivity index (χ2v) is 6.43. The maximum Gasteiger partial charge on any atom is 0.233 e. The van der Waals surface area contributed by atoms with E-state index in [1.165, 1.54) is 0 Å². The maximum atomic E-state index is 11.8. The lowest BCUT2D eigenvalue weighted by Gasteiger charge is -2.38. The van der Waals surface area contributed by atoms with Crippen LogP contribution in [0.5, 0.6) is 0 Å². The van der Waals surface area contributed by atoms with Crippen molar-refractivity contribution in [1.29, 1.82) is 0 Å². The fraction of sp³-hybridized carbons (Fsp3) is 0.500. The third-order valence-electron chi connectivity index (χ3n) is 4.10. The van der Waals surface area contributed by atoms with Crippen molar-refractivity contribution in [3.8, 4) is 0 Å². The Hall–Kier alpha value is -2.21. The highest BCUT2D eigenvalue weighted by Gasteiger charge is 2.36. The number of amides is 1. The zero-order valence-electron chi connectivity index (χ0n) is 14.1. The van der Waals surface area contributed by atoms with Crippen LogP contribution in [0.3, 0.4) is 0 Å². The average molecular weight is 329 g/mol. The molecule has 0 bridgehead atoms. The van der Waals surface area contributed by atoms with Crippen molar-refractivity contribution >= 4 is 5.91 Å². The first kappa shape index (κ1) is 16.6. The third kappa shape index (κ3) is 4.00. The fourth-order valence-electron chi connectivity index (χ4n) is 2.64. The number of likely N-dealkylation sites (tertiary alicyclic amines) is 1. The van der Waals surface area contributed by atoms with Crippen LogP contribution in [-0.2, 0) is 22.6 Å². The minimum atomic E-state index is 0.0333. The smallest absolute Gasteiger partial charge is 0.233 e. The summed E-state index contributed by atoms with van der Waals surface area (Å²) in [6.07, 6.45) is 0.623. The van der Waals surface area contributed by atoms with Crippen molar-refractivity contribution in [2.75, 3.05) is 19.7 Å². The Bertz CT molecular complexity index is 663. The highest BCUT2D eigenvalue weighted by atomic mass is 16.5. The van der Waals surface area contributed by atoms with E-state index in [-0.39, 0.29) is 17.7 Å². The molecular weight excluding hydrogens is 306 g/mol. The number of carbonyl (C=O) groups excluding carboxylic acids is 1. The number of hydrogen-bond acceptors (Lipinski definition) is 5. The summed E-state index contributed by atoms with van der Waals surface area (Å²) in [5, 5.41) is 4.00. The molecule has 0 aliphatic carbocycles. The standard InChI is InChI=1S/C18H23N3O3/c1-13(2)18(22)21-10-15(11-21)17-19-16(20-24-17)8-9-23-12-14-6-4-3-5-7-14/h3-7,13,15H,8-12H2,1-2H3. The lowest BCUT2D eigenvalue weighted by atomic mass is 9.98. The van der Waals surface area contributed by atoms with Crippen LogP contribution in [0.25, 0.3) is 0 Å². The molecule has 0 N–H and O–H groups in total. The highest BCUT2D eigenvalue weighted by molar-refractivity contribution is 5.79. The van der Waals surface area contributed by atoms with Crippen LogP contribution < -0.4 is 0 Å². The van der Waals surface area contributed by atoms with Gasteiger partial charge in [0.1, 0.15) is 0 Å². The molecule has 128 valence electrons. The maximum absolute atomic E-state index is 11.8. The fourth-order valence-corrected chi connectivity index (χ4v) is 2.64. The molecule has 6 heteroatoms. The summed E-state index contributed by atoms with van der Waals surface area (Å²) >= 11 is 0. The minimum Gasteiger partial charge on any atom is -0.376 e. The molecule has 24 heavy (non-hydrogen) atoms. The van der Waals surface area contributed by atoms with Crippen molar-refractivity contribution < 1.29 is 14.1 Å². The van der Waals surface area contributed by atoms with Crippen molar-refractivity contribution in [2.45, 2.75) is 32.8 Å². The summed E-state index contributed by atoms with van der Waals surface area (Å²) in [5.74, 6) is 1.66. The second-order valence-electron chi connectivity index (χ2n) is 6.43. The Labute approximate surface area is 141 Å². The molecule has 1 amide bonds. The van der Waals surface area contributed by atoms with E-state index in [2.05, 4.69) is 10.1 Å². The van der Waals surface area contributed by atoms with Gasteiger partial charge in [-0.25, -0.2) is 0 Å². The summed E-state index contributed by atoms with van der Waals surface area (Å²) in [5.41, 5.74) is 1.15. The van der Waals surface area contributed by atoms with E-state index >= 15 is 0 Å². The summed E-state index contributed by atoms with van der Waals surface area (Å²) in [6.45, 7) is 6.30. The van der Waals surface area contributed by atoms with Crippen LogP contribution in [0.2, 0.25) is 0 Å². The highest BCUT2D eigenvalue weighted by Crippen LogP contribution is 2.26. The molecule has 2 heterocycles. The molecule has 2 aromatic rings. The van der Waals surface area contributed by atoms with Crippen molar-refractivity contribution in [3.05, 3.63) is 47.6 Å². The number of rotatable bonds is 7. The normalized spacial score (nSPS) is 14.9. The largest absolute Gasteiger partial charge is 0.376 e. The second kappa shape index (κ2) is 7.57. The molecule has 6 nitrogen and oxygen atoms in total. The third-order valence-corrected chi connectivity index (χ3v) is 4.10. The Morgan fingerprint density at radius 1 is 1.33 bits per heavy atom. The summed E-state index contributed by atoms with van der Waals surface area (Å²) in [4.78, 5) is 18.1. The monoisotopic (exact) mass is 329 g/mol. The Morgan fingerprint density at radius 3 is 2.79 bits per heavy atom. The van der Waals surface area contributed by atoms with Crippen molar-refractivity contribution in [2.24, 2.45) is 5.92 Å². The van der Waals surface area contributed by atoms with Crippen LogP contribution in [0, 0.1) is 5.92 Å². The summed E-state index contributed by atoms with van der Waals surface area (Å²) in [6, 6.07) is 10.0. The molecule has 1 aromatic heterocycles. The quantitative estimate of drug-likeness (QED) is 0.730. The van der Waals surface area contributed by atoms with Gasteiger partial charge in [-0.15, -0.1) is 0 Å². The van der Waals surface area contributed by atoms with Crippen LogP contribution >= 0.6 is 0 Å². The van der Waals surface area contributed by atoms with Gasteiger partial charge in [0.05, 0.1) is 19.1 Å². The number of benzene rings is 1. The number of carbonyl (C=O) groups is 1. The van der Waals surface area contributed by atoms with Crippen molar-refractivity contribution in [3.63, 3.8) is 0 Å². The van der Waals surface area contributed by atoms with Gasteiger partial charge in [-0.3, -0.25) is 4.79 Å². The average Bonchev–Trinajstić information content (AvgIpc) is 2.99.